The Labute approximate surface area is 137 Å². The number of aryl methyl sites for hydroxylation is 3. The summed E-state index contributed by atoms with van der Waals surface area (Å²) < 4.78 is 0. The van der Waals surface area contributed by atoms with Crippen LogP contribution < -0.4 is 0 Å². The fourth-order valence-corrected chi connectivity index (χ4v) is 3.28. The van der Waals surface area contributed by atoms with Crippen LogP contribution in [0.3, 0.4) is 0 Å². The van der Waals surface area contributed by atoms with Gasteiger partial charge in [0.1, 0.15) is 6.29 Å². The molecule has 3 aromatic rings. The molecule has 0 aliphatic heterocycles. The Morgan fingerprint density at radius 3 is 2.26 bits per heavy atom. The van der Waals surface area contributed by atoms with Crippen molar-refractivity contribution in [3.8, 4) is 11.1 Å². The molecule has 3 rings (SSSR count). The lowest BCUT2D eigenvalue weighted by molar-refractivity contribution is -0.104. The van der Waals surface area contributed by atoms with Crippen LogP contribution in [-0.2, 0) is 4.79 Å². The summed E-state index contributed by atoms with van der Waals surface area (Å²) in [5.41, 5.74) is 7.18. The van der Waals surface area contributed by atoms with Crippen molar-refractivity contribution >= 4 is 23.1 Å². The number of fused-ring (bicyclic) bond motifs is 1. The molecule has 0 amide bonds. The van der Waals surface area contributed by atoms with Gasteiger partial charge in [-0.05, 0) is 59.9 Å². The summed E-state index contributed by atoms with van der Waals surface area (Å²) in [6, 6.07) is 17.2. The minimum absolute atomic E-state index is 0.833. The fourth-order valence-electron chi connectivity index (χ4n) is 3.28. The standard InChI is InChI=1S/C22H20O/c1-15-11-16(2)13-19(12-15)22-20(9-6-10-23)17(3)14-18-7-4-5-8-21(18)22/h4-14H,1-3H3. The zero-order valence-corrected chi connectivity index (χ0v) is 13.8. The summed E-state index contributed by atoms with van der Waals surface area (Å²) in [5.74, 6) is 0. The molecule has 0 aromatic heterocycles. The van der Waals surface area contributed by atoms with Crippen molar-refractivity contribution in [1.29, 1.82) is 0 Å². The van der Waals surface area contributed by atoms with E-state index in [1.165, 1.54) is 38.6 Å². The smallest absolute Gasteiger partial charge is 0.142 e. The van der Waals surface area contributed by atoms with Crippen molar-refractivity contribution in [3.63, 3.8) is 0 Å². The third-order valence-corrected chi connectivity index (χ3v) is 4.15. The average molecular weight is 300 g/mol. The lowest BCUT2D eigenvalue weighted by Gasteiger charge is -2.15. The molecular weight excluding hydrogens is 280 g/mol. The molecule has 1 nitrogen and oxygen atoms in total. The first-order chi connectivity index (χ1) is 11.1. The first kappa shape index (κ1) is 15.2. The number of aldehydes is 1. The molecule has 0 spiro atoms. The lowest BCUT2D eigenvalue weighted by Crippen LogP contribution is -1.92. The van der Waals surface area contributed by atoms with E-state index in [9.17, 15) is 4.79 Å². The van der Waals surface area contributed by atoms with Crippen LogP contribution >= 0.6 is 0 Å². The highest BCUT2D eigenvalue weighted by molar-refractivity contribution is 6.02. The van der Waals surface area contributed by atoms with Crippen molar-refractivity contribution in [2.75, 3.05) is 0 Å². The highest BCUT2D eigenvalue weighted by atomic mass is 16.1. The number of benzene rings is 3. The Balaban J connectivity index is 2.44. The predicted octanol–water partition coefficient (Wildman–Crippen LogP) is 5.64. The van der Waals surface area contributed by atoms with E-state index in [1.807, 2.05) is 6.08 Å². The molecular formula is C22H20O. The summed E-state index contributed by atoms with van der Waals surface area (Å²) in [5, 5.41) is 2.44. The molecule has 23 heavy (non-hydrogen) atoms. The van der Waals surface area contributed by atoms with Gasteiger partial charge in [-0.1, -0.05) is 65.7 Å². The van der Waals surface area contributed by atoms with Crippen molar-refractivity contribution in [1.82, 2.24) is 0 Å². The molecule has 0 atom stereocenters. The number of rotatable bonds is 3. The molecule has 0 unspecified atom stereocenters. The van der Waals surface area contributed by atoms with Gasteiger partial charge in [0.05, 0.1) is 0 Å². The summed E-state index contributed by atoms with van der Waals surface area (Å²) in [4.78, 5) is 10.8. The van der Waals surface area contributed by atoms with Gasteiger partial charge in [0.25, 0.3) is 0 Å². The van der Waals surface area contributed by atoms with Crippen LogP contribution in [0.4, 0.5) is 0 Å². The van der Waals surface area contributed by atoms with E-state index in [1.54, 1.807) is 6.08 Å². The Bertz CT molecular complexity index is 896. The third-order valence-electron chi connectivity index (χ3n) is 4.15. The summed E-state index contributed by atoms with van der Waals surface area (Å²) in [6.45, 7) is 6.34. The van der Waals surface area contributed by atoms with Gasteiger partial charge in [0, 0.05) is 0 Å². The maximum atomic E-state index is 10.8. The molecule has 0 N–H and O–H groups in total. The second kappa shape index (κ2) is 6.21. The average Bonchev–Trinajstić information content (AvgIpc) is 2.51. The van der Waals surface area contributed by atoms with Gasteiger partial charge >= 0.3 is 0 Å². The van der Waals surface area contributed by atoms with E-state index in [2.05, 4.69) is 69.3 Å². The van der Waals surface area contributed by atoms with E-state index in [-0.39, 0.29) is 0 Å². The quantitative estimate of drug-likeness (QED) is 0.451. The zero-order valence-electron chi connectivity index (χ0n) is 13.8. The van der Waals surface area contributed by atoms with Gasteiger partial charge in [-0.25, -0.2) is 0 Å². The molecule has 0 aliphatic rings. The third kappa shape index (κ3) is 2.95. The second-order valence-electron chi connectivity index (χ2n) is 6.07. The molecule has 1 heteroatoms. The summed E-state index contributed by atoms with van der Waals surface area (Å²) in [7, 11) is 0. The van der Waals surface area contributed by atoms with Gasteiger partial charge in [0.2, 0.25) is 0 Å². The van der Waals surface area contributed by atoms with Crippen LogP contribution in [0.25, 0.3) is 28.0 Å². The number of hydrogen-bond donors (Lipinski definition) is 0. The van der Waals surface area contributed by atoms with E-state index in [0.717, 1.165) is 11.8 Å². The first-order valence-electron chi connectivity index (χ1n) is 7.83. The van der Waals surface area contributed by atoms with E-state index in [0.29, 0.717) is 0 Å². The molecule has 0 saturated carbocycles. The molecule has 0 bridgehead atoms. The van der Waals surface area contributed by atoms with Gasteiger partial charge in [-0.3, -0.25) is 4.79 Å². The highest BCUT2D eigenvalue weighted by Gasteiger charge is 2.12. The Morgan fingerprint density at radius 2 is 1.57 bits per heavy atom. The molecule has 114 valence electrons. The van der Waals surface area contributed by atoms with Crippen LogP contribution in [0.15, 0.2) is 54.6 Å². The summed E-state index contributed by atoms with van der Waals surface area (Å²) >= 11 is 0. The van der Waals surface area contributed by atoms with Crippen molar-refractivity contribution in [2.24, 2.45) is 0 Å². The van der Waals surface area contributed by atoms with E-state index >= 15 is 0 Å². The van der Waals surface area contributed by atoms with Crippen molar-refractivity contribution in [3.05, 3.63) is 76.9 Å². The van der Waals surface area contributed by atoms with Crippen molar-refractivity contribution in [2.45, 2.75) is 20.8 Å². The van der Waals surface area contributed by atoms with Crippen LogP contribution in [0.1, 0.15) is 22.3 Å². The van der Waals surface area contributed by atoms with Gasteiger partial charge in [0.15, 0.2) is 0 Å². The fraction of sp³-hybridized carbons (Fsp3) is 0.136. The SMILES string of the molecule is Cc1cc(C)cc(-c2c(C=CC=O)c(C)cc3ccccc23)c1. The molecule has 0 radical (unpaired) electrons. The van der Waals surface area contributed by atoms with E-state index < -0.39 is 0 Å². The largest absolute Gasteiger partial charge is 0.299 e. The number of carbonyl (C=O) groups is 1. The molecule has 0 aliphatic carbocycles. The normalized spacial score (nSPS) is 11.3. The highest BCUT2D eigenvalue weighted by Crippen LogP contribution is 2.36. The van der Waals surface area contributed by atoms with E-state index in [4.69, 9.17) is 0 Å². The predicted molar refractivity (Wildman–Crippen MR) is 98.7 cm³/mol. The maximum absolute atomic E-state index is 10.8. The topological polar surface area (TPSA) is 17.1 Å². The number of carbonyl (C=O) groups excluding carboxylic acids is 1. The first-order valence-corrected chi connectivity index (χ1v) is 7.83. The molecule has 3 aromatic carbocycles. The maximum Gasteiger partial charge on any atom is 0.142 e. The minimum atomic E-state index is 0.833. The Hall–Kier alpha value is -2.67. The Kier molecular flexibility index (Phi) is 4.12. The van der Waals surface area contributed by atoms with Gasteiger partial charge in [-0.2, -0.15) is 0 Å². The zero-order chi connectivity index (χ0) is 16.4. The van der Waals surface area contributed by atoms with Crippen LogP contribution in [0, 0.1) is 20.8 Å². The van der Waals surface area contributed by atoms with Gasteiger partial charge in [-0.15, -0.1) is 0 Å². The monoisotopic (exact) mass is 300 g/mol. The minimum Gasteiger partial charge on any atom is -0.299 e. The van der Waals surface area contributed by atoms with Crippen LogP contribution in [0.5, 0.6) is 0 Å². The van der Waals surface area contributed by atoms with Gasteiger partial charge < -0.3 is 0 Å². The van der Waals surface area contributed by atoms with Crippen LogP contribution in [-0.4, -0.2) is 6.29 Å². The summed E-state index contributed by atoms with van der Waals surface area (Å²) in [6.07, 6.45) is 4.32. The lowest BCUT2D eigenvalue weighted by atomic mass is 9.88. The molecule has 0 saturated heterocycles. The molecule has 0 fully saturated rings. The molecule has 0 heterocycles. The number of allylic oxidation sites excluding steroid dienone is 1. The van der Waals surface area contributed by atoms with Crippen LogP contribution in [0.2, 0.25) is 0 Å². The van der Waals surface area contributed by atoms with Crippen molar-refractivity contribution < 1.29 is 4.79 Å². The number of hydrogen-bond acceptors (Lipinski definition) is 1. The second-order valence-corrected chi connectivity index (χ2v) is 6.07. The Morgan fingerprint density at radius 1 is 0.870 bits per heavy atom.